The van der Waals surface area contributed by atoms with E-state index in [-0.39, 0.29) is 0 Å². The molecule has 0 aromatic carbocycles. The lowest BCUT2D eigenvalue weighted by molar-refractivity contribution is -0.139. The molecule has 0 bridgehead atoms. The lowest BCUT2D eigenvalue weighted by Crippen LogP contribution is -2.42. The highest BCUT2D eigenvalue weighted by Gasteiger charge is 2.34. The van der Waals surface area contributed by atoms with Crippen molar-refractivity contribution in [1.29, 1.82) is 0 Å². The minimum atomic E-state index is 0.355. The molecule has 1 atom stereocenters. The first kappa shape index (κ1) is 9.97. The summed E-state index contributed by atoms with van der Waals surface area (Å²) in [5.41, 5.74) is 5.56. The van der Waals surface area contributed by atoms with Crippen LogP contribution in [0.3, 0.4) is 0 Å². The number of nitrogens with zero attached hydrogens (tertiary/aromatic N) is 1. The zero-order valence-electron chi connectivity index (χ0n) is 8.74. The van der Waals surface area contributed by atoms with Gasteiger partial charge in [0, 0.05) is 18.5 Å². The van der Waals surface area contributed by atoms with Gasteiger partial charge in [-0.3, -0.25) is 4.79 Å². The highest BCUT2D eigenvalue weighted by Crippen LogP contribution is 2.31. The number of amides is 1. The maximum atomic E-state index is 12.0. The summed E-state index contributed by atoms with van der Waals surface area (Å²) in [5.74, 6) is 0.764. The van der Waals surface area contributed by atoms with E-state index in [9.17, 15) is 4.79 Å². The summed E-state index contributed by atoms with van der Waals surface area (Å²) in [6.45, 7) is 1.68. The van der Waals surface area contributed by atoms with Crippen molar-refractivity contribution in [2.75, 3.05) is 13.1 Å². The fourth-order valence-corrected chi connectivity index (χ4v) is 2.51. The number of hydrogen-bond acceptors (Lipinski definition) is 2. The molecule has 0 spiro atoms. The van der Waals surface area contributed by atoms with Gasteiger partial charge in [0.2, 0.25) is 5.91 Å². The van der Waals surface area contributed by atoms with Gasteiger partial charge < -0.3 is 10.6 Å². The predicted octanol–water partition coefficient (Wildman–Crippen LogP) is 1.13. The first-order valence-corrected chi connectivity index (χ1v) is 5.83. The van der Waals surface area contributed by atoms with Crippen LogP contribution in [-0.4, -0.2) is 29.9 Å². The van der Waals surface area contributed by atoms with E-state index in [1.165, 1.54) is 12.8 Å². The van der Waals surface area contributed by atoms with Crippen LogP contribution >= 0.6 is 0 Å². The van der Waals surface area contributed by atoms with Gasteiger partial charge in [0.1, 0.15) is 0 Å². The van der Waals surface area contributed by atoms with Gasteiger partial charge in [0.15, 0.2) is 0 Å². The number of nitrogens with two attached hydrogens (primary N) is 1. The second-order valence-corrected chi connectivity index (χ2v) is 4.53. The SMILES string of the molecule is NCCC1CCCN1C(=O)C1CCC1. The summed E-state index contributed by atoms with van der Waals surface area (Å²) < 4.78 is 0. The Morgan fingerprint density at radius 2 is 2.07 bits per heavy atom. The Morgan fingerprint density at radius 3 is 2.64 bits per heavy atom. The van der Waals surface area contributed by atoms with E-state index in [0.29, 0.717) is 24.4 Å². The third-order valence-electron chi connectivity index (χ3n) is 3.61. The van der Waals surface area contributed by atoms with Crippen LogP contribution in [0.4, 0.5) is 0 Å². The molecule has 1 amide bonds. The first-order valence-electron chi connectivity index (χ1n) is 5.83. The molecule has 1 aliphatic carbocycles. The van der Waals surface area contributed by atoms with Crippen molar-refractivity contribution < 1.29 is 4.79 Å². The van der Waals surface area contributed by atoms with Crippen LogP contribution in [-0.2, 0) is 4.79 Å². The number of carbonyl (C=O) groups excluding carboxylic acids is 1. The second kappa shape index (κ2) is 4.30. The van der Waals surface area contributed by atoms with Crippen LogP contribution in [0.25, 0.3) is 0 Å². The number of likely N-dealkylation sites (tertiary alicyclic amines) is 1. The number of hydrogen-bond donors (Lipinski definition) is 1. The summed E-state index contributed by atoms with van der Waals surface area (Å²) in [6, 6.07) is 0.452. The molecule has 1 heterocycles. The summed E-state index contributed by atoms with van der Waals surface area (Å²) >= 11 is 0. The third-order valence-corrected chi connectivity index (χ3v) is 3.61. The third kappa shape index (κ3) is 1.78. The van der Waals surface area contributed by atoms with Crippen LogP contribution in [0.2, 0.25) is 0 Å². The van der Waals surface area contributed by atoms with Crippen LogP contribution < -0.4 is 5.73 Å². The van der Waals surface area contributed by atoms with Crippen LogP contribution in [0.1, 0.15) is 38.5 Å². The van der Waals surface area contributed by atoms with Crippen molar-refractivity contribution >= 4 is 5.91 Å². The van der Waals surface area contributed by atoms with E-state index < -0.39 is 0 Å². The Labute approximate surface area is 85.6 Å². The van der Waals surface area contributed by atoms with E-state index >= 15 is 0 Å². The fourth-order valence-electron chi connectivity index (χ4n) is 2.51. The Morgan fingerprint density at radius 1 is 1.29 bits per heavy atom. The molecule has 1 saturated heterocycles. The molecule has 0 aromatic heterocycles. The van der Waals surface area contributed by atoms with E-state index in [2.05, 4.69) is 4.90 Å². The minimum absolute atomic E-state index is 0.355. The van der Waals surface area contributed by atoms with Crippen LogP contribution in [0.5, 0.6) is 0 Å². The summed E-state index contributed by atoms with van der Waals surface area (Å²) in [7, 11) is 0. The zero-order chi connectivity index (χ0) is 9.97. The Balaban J connectivity index is 1.90. The maximum Gasteiger partial charge on any atom is 0.225 e. The Kier molecular flexibility index (Phi) is 3.06. The van der Waals surface area contributed by atoms with E-state index in [4.69, 9.17) is 5.73 Å². The van der Waals surface area contributed by atoms with Crippen molar-refractivity contribution in [3.8, 4) is 0 Å². The van der Waals surface area contributed by atoms with Crippen molar-refractivity contribution in [2.24, 2.45) is 11.7 Å². The van der Waals surface area contributed by atoms with Gasteiger partial charge in [-0.1, -0.05) is 6.42 Å². The molecule has 2 rings (SSSR count). The molecule has 1 unspecified atom stereocenters. The van der Waals surface area contributed by atoms with Gasteiger partial charge in [-0.25, -0.2) is 0 Å². The maximum absolute atomic E-state index is 12.0. The highest BCUT2D eigenvalue weighted by molar-refractivity contribution is 5.80. The first-order chi connectivity index (χ1) is 6.83. The van der Waals surface area contributed by atoms with Gasteiger partial charge in [-0.2, -0.15) is 0 Å². The molecule has 2 N–H and O–H groups in total. The van der Waals surface area contributed by atoms with E-state index in [0.717, 1.165) is 32.2 Å². The summed E-state index contributed by atoms with van der Waals surface area (Å²) in [6.07, 6.45) is 6.79. The second-order valence-electron chi connectivity index (χ2n) is 4.53. The molecular formula is C11H20N2O. The Bertz CT molecular complexity index is 213. The molecule has 0 radical (unpaired) electrons. The monoisotopic (exact) mass is 196 g/mol. The molecular weight excluding hydrogens is 176 g/mol. The molecule has 2 fully saturated rings. The lowest BCUT2D eigenvalue weighted by atomic mass is 9.84. The molecule has 0 aromatic rings. The molecule has 3 nitrogen and oxygen atoms in total. The predicted molar refractivity (Wildman–Crippen MR) is 55.7 cm³/mol. The molecule has 1 saturated carbocycles. The molecule has 80 valence electrons. The van der Waals surface area contributed by atoms with E-state index in [1.54, 1.807) is 0 Å². The van der Waals surface area contributed by atoms with Crippen molar-refractivity contribution in [3.63, 3.8) is 0 Å². The molecule has 3 heteroatoms. The largest absolute Gasteiger partial charge is 0.339 e. The van der Waals surface area contributed by atoms with Gasteiger partial charge in [-0.05, 0) is 38.6 Å². The number of rotatable bonds is 3. The molecule has 14 heavy (non-hydrogen) atoms. The fraction of sp³-hybridized carbons (Fsp3) is 0.909. The zero-order valence-corrected chi connectivity index (χ0v) is 8.74. The Hall–Kier alpha value is -0.570. The van der Waals surface area contributed by atoms with E-state index in [1.807, 2.05) is 0 Å². The minimum Gasteiger partial charge on any atom is -0.339 e. The van der Waals surface area contributed by atoms with Gasteiger partial charge >= 0.3 is 0 Å². The molecule has 2 aliphatic rings. The smallest absolute Gasteiger partial charge is 0.225 e. The number of carbonyl (C=O) groups is 1. The quantitative estimate of drug-likeness (QED) is 0.735. The lowest BCUT2D eigenvalue weighted by Gasteiger charge is -2.32. The van der Waals surface area contributed by atoms with Crippen molar-refractivity contribution in [3.05, 3.63) is 0 Å². The average Bonchev–Trinajstić information content (AvgIpc) is 2.49. The summed E-state index contributed by atoms with van der Waals surface area (Å²) in [5, 5.41) is 0. The van der Waals surface area contributed by atoms with Crippen molar-refractivity contribution in [1.82, 2.24) is 4.90 Å². The van der Waals surface area contributed by atoms with Gasteiger partial charge in [0.05, 0.1) is 0 Å². The summed E-state index contributed by atoms with van der Waals surface area (Å²) in [4.78, 5) is 14.1. The van der Waals surface area contributed by atoms with Gasteiger partial charge in [-0.15, -0.1) is 0 Å². The topological polar surface area (TPSA) is 46.3 Å². The van der Waals surface area contributed by atoms with Crippen LogP contribution in [0.15, 0.2) is 0 Å². The van der Waals surface area contributed by atoms with Crippen LogP contribution in [0, 0.1) is 5.92 Å². The van der Waals surface area contributed by atoms with Crippen molar-refractivity contribution in [2.45, 2.75) is 44.6 Å². The normalized spacial score (nSPS) is 27.8. The standard InChI is InChI=1S/C11H20N2O/c12-7-6-10-5-2-8-13(10)11(14)9-3-1-4-9/h9-10H,1-8,12H2. The average molecular weight is 196 g/mol. The van der Waals surface area contributed by atoms with Gasteiger partial charge in [0.25, 0.3) is 0 Å². The molecule has 1 aliphatic heterocycles. The highest BCUT2D eigenvalue weighted by atomic mass is 16.2.